The molecule has 2 bridgehead atoms. The summed E-state index contributed by atoms with van der Waals surface area (Å²) < 4.78 is 6.21. The van der Waals surface area contributed by atoms with Crippen LogP contribution in [-0.2, 0) is 6.54 Å². The highest BCUT2D eigenvalue weighted by atomic mass is 35.5. The van der Waals surface area contributed by atoms with E-state index in [0.29, 0.717) is 6.04 Å². The minimum absolute atomic E-state index is 0. The normalized spacial score (nSPS) is 26.2. The fourth-order valence-electron chi connectivity index (χ4n) is 4.54. The molecule has 5 nitrogen and oxygen atoms in total. The van der Waals surface area contributed by atoms with Crippen molar-refractivity contribution in [1.29, 1.82) is 0 Å². The Morgan fingerprint density at radius 1 is 1.00 bits per heavy atom. The van der Waals surface area contributed by atoms with Gasteiger partial charge in [0.1, 0.15) is 12.4 Å². The molecule has 4 saturated heterocycles. The van der Waals surface area contributed by atoms with E-state index in [4.69, 9.17) is 4.74 Å². The summed E-state index contributed by atoms with van der Waals surface area (Å²) >= 11 is 0. The molecule has 1 aromatic carbocycles. The Kier molecular flexibility index (Phi) is 9.81. The molecule has 0 radical (unpaired) electrons. The number of fused-ring (bicyclic) bond motifs is 4. The van der Waals surface area contributed by atoms with Crippen molar-refractivity contribution in [2.45, 2.75) is 25.4 Å². The van der Waals surface area contributed by atoms with Gasteiger partial charge in [0.2, 0.25) is 0 Å². The third kappa shape index (κ3) is 6.48. The largest absolute Gasteiger partial charge is 0.492 e. The third-order valence-electron chi connectivity index (χ3n) is 6.24. The second-order valence-electron chi connectivity index (χ2n) is 8.34. The van der Waals surface area contributed by atoms with Gasteiger partial charge in [0.15, 0.2) is 0 Å². The molecule has 4 aliphatic heterocycles. The Morgan fingerprint density at radius 3 is 2.54 bits per heavy atom. The maximum Gasteiger partial charge on any atom is 0.123 e. The number of nitrogens with one attached hydrogen (secondary N) is 1. The van der Waals surface area contributed by atoms with Crippen LogP contribution in [0.3, 0.4) is 0 Å². The molecule has 0 amide bonds. The van der Waals surface area contributed by atoms with Gasteiger partial charge < -0.3 is 15.0 Å². The average molecular weight is 431 g/mol. The van der Waals surface area contributed by atoms with Crippen molar-refractivity contribution < 1.29 is 4.74 Å². The number of piperazine rings is 1. The summed E-state index contributed by atoms with van der Waals surface area (Å²) in [5.74, 6) is 1.89. The Hall–Kier alpha value is -0.560. The molecule has 160 valence electrons. The van der Waals surface area contributed by atoms with Crippen LogP contribution in [0, 0.1) is 5.92 Å². The van der Waals surface area contributed by atoms with Crippen LogP contribution in [0.2, 0.25) is 0 Å². The van der Waals surface area contributed by atoms with Crippen LogP contribution in [0.1, 0.15) is 18.4 Å². The van der Waals surface area contributed by atoms with Crippen LogP contribution < -0.4 is 10.1 Å². The van der Waals surface area contributed by atoms with Crippen molar-refractivity contribution in [3.8, 4) is 5.75 Å². The van der Waals surface area contributed by atoms with Gasteiger partial charge in [-0.3, -0.25) is 9.80 Å². The van der Waals surface area contributed by atoms with Crippen LogP contribution in [-0.4, -0.2) is 86.8 Å². The van der Waals surface area contributed by atoms with E-state index in [1.807, 2.05) is 0 Å². The zero-order valence-electron chi connectivity index (χ0n) is 17.0. The van der Waals surface area contributed by atoms with Crippen LogP contribution in [0.15, 0.2) is 24.3 Å². The zero-order valence-corrected chi connectivity index (χ0v) is 18.6. The fourth-order valence-corrected chi connectivity index (χ4v) is 4.54. The molecular weight excluding hydrogens is 395 g/mol. The average Bonchev–Trinajstić information content (AvgIpc) is 2.97. The molecule has 0 aliphatic carbocycles. The van der Waals surface area contributed by atoms with Crippen LogP contribution in [0.4, 0.5) is 0 Å². The maximum absolute atomic E-state index is 6.21. The maximum atomic E-state index is 6.21. The standard InChI is InChI=1S/C21H34N4O.2ClH/c1-23-8-10-24(11-9-23)12-13-26-21-5-3-2-4-19(21)16-25-15-18-6-7-20(17-25)22-14-18;;/h2-5,18,20,22H,6-17H2,1H3;2*1H/t18-,20-;;/m0../s1. The van der Waals surface area contributed by atoms with Crippen molar-refractivity contribution in [3.05, 3.63) is 29.8 Å². The Labute approximate surface area is 182 Å². The number of hydrogen-bond acceptors (Lipinski definition) is 5. The third-order valence-corrected chi connectivity index (χ3v) is 6.24. The summed E-state index contributed by atoms with van der Waals surface area (Å²) in [6, 6.07) is 9.31. The summed E-state index contributed by atoms with van der Waals surface area (Å²) in [4.78, 5) is 7.54. The molecule has 4 heterocycles. The smallest absolute Gasteiger partial charge is 0.123 e. The van der Waals surface area contributed by atoms with E-state index in [9.17, 15) is 0 Å². The lowest BCUT2D eigenvalue weighted by Crippen LogP contribution is -2.45. The number of benzene rings is 1. The fraction of sp³-hybridized carbons (Fsp3) is 0.714. The summed E-state index contributed by atoms with van der Waals surface area (Å²) in [5.41, 5.74) is 1.34. The molecule has 0 spiro atoms. The predicted octanol–water partition coefficient (Wildman–Crippen LogP) is 2.34. The molecular formula is C21H36Cl2N4O. The topological polar surface area (TPSA) is 31.0 Å². The first-order valence-corrected chi connectivity index (χ1v) is 10.3. The van der Waals surface area contributed by atoms with E-state index in [1.54, 1.807) is 0 Å². The number of nitrogens with zero attached hydrogens (tertiary/aromatic N) is 3. The monoisotopic (exact) mass is 430 g/mol. The lowest BCUT2D eigenvalue weighted by atomic mass is 9.97. The van der Waals surface area contributed by atoms with Gasteiger partial charge in [0, 0.05) is 64.0 Å². The van der Waals surface area contributed by atoms with E-state index in [1.165, 1.54) is 51.1 Å². The molecule has 2 atom stereocenters. The first kappa shape index (κ1) is 23.7. The molecule has 5 rings (SSSR count). The van der Waals surface area contributed by atoms with Gasteiger partial charge >= 0.3 is 0 Å². The number of para-hydroxylation sites is 1. The van der Waals surface area contributed by atoms with E-state index < -0.39 is 0 Å². The van der Waals surface area contributed by atoms with Gasteiger partial charge in [0.25, 0.3) is 0 Å². The molecule has 4 fully saturated rings. The van der Waals surface area contributed by atoms with Gasteiger partial charge in [-0.05, 0) is 38.4 Å². The number of halogens is 2. The predicted molar refractivity (Wildman–Crippen MR) is 120 cm³/mol. The van der Waals surface area contributed by atoms with E-state index in [0.717, 1.165) is 44.5 Å². The second-order valence-corrected chi connectivity index (χ2v) is 8.34. The SMILES string of the molecule is CN1CCN(CCOc2ccccc2CN2C[C@H]3CC[C@@H](C2)NC3)CC1.Cl.Cl. The number of hydrogen-bond donors (Lipinski definition) is 1. The number of piperidine rings is 1. The number of rotatable bonds is 6. The molecule has 7 heteroatoms. The first-order valence-electron chi connectivity index (χ1n) is 10.3. The van der Waals surface area contributed by atoms with Crippen LogP contribution in [0.5, 0.6) is 5.75 Å². The van der Waals surface area contributed by atoms with Crippen LogP contribution >= 0.6 is 24.8 Å². The summed E-state index contributed by atoms with van der Waals surface area (Å²) in [5, 5.41) is 3.70. The van der Waals surface area contributed by atoms with Gasteiger partial charge in [-0.25, -0.2) is 0 Å². The second kappa shape index (κ2) is 11.6. The van der Waals surface area contributed by atoms with Crippen molar-refractivity contribution in [1.82, 2.24) is 20.0 Å². The number of likely N-dealkylation sites (N-methyl/N-ethyl adjacent to an activating group) is 1. The number of ether oxygens (including phenoxy) is 1. The Bertz CT molecular complexity index is 561. The first-order chi connectivity index (χ1) is 12.8. The Morgan fingerprint density at radius 2 is 1.79 bits per heavy atom. The van der Waals surface area contributed by atoms with Crippen molar-refractivity contribution >= 4 is 24.8 Å². The highest BCUT2D eigenvalue weighted by molar-refractivity contribution is 5.85. The molecule has 28 heavy (non-hydrogen) atoms. The molecule has 0 unspecified atom stereocenters. The molecule has 0 aromatic heterocycles. The lowest BCUT2D eigenvalue weighted by molar-refractivity contribution is 0.133. The zero-order chi connectivity index (χ0) is 17.8. The van der Waals surface area contributed by atoms with Gasteiger partial charge in [0.05, 0.1) is 0 Å². The highest BCUT2D eigenvalue weighted by Crippen LogP contribution is 2.25. The van der Waals surface area contributed by atoms with Crippen molar-refractivity contribution in [2.75, 3.05) is 66.0 Å². The van der Waals surface area contributed by atoms with E-state index in [-0.39, 0.29) is 24.8 Å². The van der Waals surface area contributed by atoms with Gasteiger partial charge in [-0.15, -0.1) is 24.8 Å². The van der Waals surface area contributed by atoms with Gasteiger partial charge in [-0.2, -0.15) is 0 Å². The van der Waals surface area contributed by atoms with E-state index >= 15 is 0 Å². The van der Waals surface area contributed by atoms with Crippen molar-refractivity contribution in [2.24, 2.45) is 5.92 Å². The molecule has 0 saturated carbocycles. The quantitative estimate of drug-likeness (QED) is 0.748. The molecule has 1 N–H and O–H groups in total. The summed E-state index contributed by atoms with van der Waals surface area (Å²) in [7, 11) is 2.20. The highest BCUT2D eigenvalue weighted by Gasteiger charge is 2.29. The van der Waals surface area contributed by atoms with Gasteiger partial charge in [-0.1, -0.05) is 18.2 Å². The van der Waals surface area contributed by atoms with Crippen LogP contribution in [0.25, 0.3) is 0 Å². The minimum Gasteiger partial charge on any atom is -0.492 e. The summed E-state index contributed by atoms with van der Waals surface area (Å²) in [6.45, 7) is 11.1. The Balaban J connectivity index is 0.00000140. The lowest BCUT2D eigenvalue weighted by Gasteiger charge is -2.32. The summed E-state index contributed by atoms with van der Waals surface area (Å²) in [6.07, 6.45) is 2.72. The molecule has 1 aromatic rings. The molecule has 4 aliphatic rings. The van der Waals surface area contributed by atoms with Crippen molar-refractivity contribution in [3.63, 3.8) is 0 Å². The van der Waals surface area contributed by atoms with E-state index in [2.05, 4.69) is 51.3 Å². The minimum atomic E-state index is 0.